The van der Waals surface area contributed by atoms with Crippen molar-refractivity contribution in [3.05, 3.63) is 82.8 Å². The van der Waals surface area contributed by atoms with Crippen LogP contribution in [0.15, 0.2) is 64.6 Å². The minimum Gasteiger partial charge on any atom is -0.467 e. The minimum atomic E-state index is -0.730. The molecule has 0 radical (unpaired) electrons. The fourth-order valence-electron chi connectivity index (χ4n) is 3.02. The largest absolute Gasteiger partial charge is 0.467 e. The highest BCUT2D eigenvalue weighted by Gasteiger charge is 2.35. The van der Waals surface area contributed by atoms with Gasteiger partial charge in [0.05, 0.1) is 23.9 Å². The second-order valence-corrected chi connectivity index (χ2v) is 7.08. The summed E-state index contributed by atoms with van der Waals surface area (Å²) in [6.45, 7) is 1.27. The van der Waals surface area contributed by atoms with Crippen LogP contribution in [0.25, 0.3) is 0 Å². The molecule has 0 bridgehead atoms. The standard InChI is InChI=1S/C21H17ClN4O4/c1-13-10-24-17(11-23-13)21(28)30-12-20(27)26-18(19-3-2-8-29-19)9-16(25-26)14-4-6-15(22)7-5-14/h2-8,10-11,18H,9,12H2,1H3. The molecule has 3 aromatic rings. The first-order chi connectivity index (χ1) is 14.5. The summed E-state index contributed by atoms with van der Waals surface area (Å²) in [6.07, 6.45) is 4.75. The molecule has 0 aliphatic carbocycles. The van der Waals surface area contributed by atoms with E-state index in [4.69, 9.17) is 20.8 Å². The maximum Gasteiger partial charge on any atom is 0.359 e. The highest BCUT2D eigenvalue weighted by Crippen LogP contribution is 2.33. The average molecular weight is 425 g/mol. The highest BCUT2D eigenvalue weighted by molar-refractivity contribution is 6.30. The number of carbonyl (C=O) groups excluding carboxylic acids is 2. The molecule has 1 aliphatic rings. The molecule has 2 aromatic heterocycles. The van der Waals surface area contributed by atoms with Gasteiger partial charge >= 0.3 is 5.97 Å². The van der Waals surface area contributed by atoms with Crippen LogP contribution in [0.4, 0.5) is 0 Å². The van der Waals surface area contributed by atoms with E-state index in [2.05, 4.69) is 15.1 Å². The quantitative estimate of drug-likeness (QED) is 0.581. The third-order valence-electron chi connectivity index (χ3n) is 4.53. The third kappa shape index (κ3) is 4.23. The zero-order valence-electron chi connectivity index (χ0n) is 16.0. The summed E-state index contributed by atoms with van der Waals surface area (Å²) in [6, 6.07) is 10.3. The lowest BCUT2D eigenvalue weighted by Gasteiger charge is -2.19. The van der Waals surface area contributed by atoms with E-state index in [0.717, 1.165) is 5.56 Å². The van der Waals surface area contributed by atoms with Crippen molar-refractivity contribution in [2.75, 3.05) is 6.61 Å². The first-order valence-electron chi connectivity index (χ1n) is 9.16. The number of hydrogen-bond donors (Lipinski definition) is 0. The van der Waals surface area contributed by atoms with Gasteiger partial charge in [0.15, 0.2) is 12.3 Å². The summed E-state index contributed by atoms with van der Waals surface area (Å²) in [4.78, 5) is 32.9. The zero-order chi connectivity index (χ0) is 21.1. The van der Waals surface area contributed by atoms with Crippen LogP contribution >= 0.6 is 11.6 Å². The number of benzene rings is 1. The predicted octanol–water partition coefficient (Wildman–Crippen LogP) is 3.57. The van der Waals surface area contributed by atoms with Crippen LogP contribution in [0.2, 0.25) is 5.02 Å². The van der Waals surface area contributed by atoms with Gasteiger partial charge in [-0.1, -0.05) is 23.7 Å². The molecule has 0 saturated heterocycles. The van der Waals surface area contributed by atoms with E-state index in [0.29, 0.717) is 28.6 Å². The average Bonchev–Trinajstić information content (AvgIpc) is 3.43. The van der Waals surface area contributed by atoms with Crippen LogP contribution in [0.3, 0.4) is 0 Å². The monoisotopic (exact) mass is 424 g/mol. The van der Waals surface area contributed by atoms with E-state index >= 15 is 0 Å². The van der Waals surface area contributed by atoms with E-state index in [1.165, 1.54) is 23.7 Å². The molecule has 0 saturated carbocycles. The lowest BCUT2D eigenvalue weighted by Crippen LogP contribution is -2.31. The van der Waals surface area contributed by atoms with Crippen molar-refractivity contribution in [3.8, 4) is 0 Å². The van der Waals surface area contributed by atoms with Gasteiger partial charge in [0.1, 0.15) is 11.8 Å². The van der Waals surface area contributed by atoms with Crippen LogP contribution < -0.4 is 0 Å². The summed E-state index contributed by atoms with van der Waals surface area (Å²) in [5.74, 6) is -0.618. The molecular weight excluding hydrogens is 408 g/mol. The van der Waals surface area contributed by atoms with Crippen molar-refractivity contribution in [2.24, 2.45) is 5.10 Å². The Kier molecular flexibility index (Phi) is 5.58. The molecular formula is C21H17ClN4O4. The van der Waals surface area contributed by atoms with Gasteiger partial charge < -0.3 is 9.15 Å². The number of aromatic nitrogens is 2. The molecule has 8 nitrogen and oxygen atoms in total. The second kappa shape index (κ2) is 8.46. The molecule has 0 N–H and O–H groups in total. The van der Waals surface area contributed by atoms with Gasteiger partial charge in [-0.2, -0.15) is 5.10 Å². The van der Waals surface area contributed by atoms with Gasteiger partial charge in [-0.3, -0.25) is 9.78 Å². The number of amides is 1. The molecule has 4 rings (SSSR count). The van der Waals surface area contributed by atoms with Crippen LogP contribution in [-0.2, 0) is 9.53 Å². The Hall–Kier alpha value is -3.52. The summed E-state index contributed by atoms with van der Waals surface area (Å²) in [5, 5.41) is 6.36. The molecule has 1 aliphatic heterocycles. The first-order valence-corrected chi connectivity index (χ1v) is 9.53. The molecule has 1 atom stereocenters. The normalized spacial score (nSPS) is 15.7. The minimum absolute atomic E-state index is 0.0303. The predicted molar refractivity (Wildman–Crippen MR) is 108 cm³/mol. The van der Waals surface area contributed by atoms with Gasteiger partial charge in [0, 0.05) is 17.6 Å². The van der Waals surface area contributed by atoms with E-state index < -0.39 is 24.5 Å². The van der Waals surface area contributed by atoms with Crippen molar-refractivity contribution in [3.63, 3.8) is 0 Å². The molecule has 1 amide bonds. The number of aryl methyl sites for hydroxylation is 1. The van der Waals surface area contributed by atoms with Crippen molar-refractivity contribution in [1.29, 1.82) is 0 Å². The number of nitrogens with zero attached hydrogens (tertiary/aromatic N) is 4. The van der Waals surface area contributed by atoms with Gasteiger partial charge in [-0.25, -0.2) is 14.8 Å². The Morgan fingerprint density at radius 2 is 2.00 bits per heavy atom. The Morgan fingerprint density at radius 3 is 2.67 bits per heavy atom. The van der Waals surface area contributed by atoms with Gasteiger partial charge in [0.25, 0.3) is 5.91 Å². The second-order valence-electron chi connectivity index (χ2n) is 6.65. The number of furan rings is 1. The van der Waals surface area contributed by atoms with Crippen LogP contribution in [0, 0.1) is 6.92 Å². The SMILES string of the molecule is Cc1cnc(C(=O)OCC(=O)N2N=C(c3ccc(Cl)cc3)CC2c2ccco2)cn1. The molecule has 3 heterocycles. The number of halogens is 1. The number of carbonyl (C=O) groups is 2. The Labute approximate surface area is 177 Å². The van der Waals surface area contributed by atoms with Crippen LogP contribution in [0.1, 0.15) is 40.0 Å². The first kappa shape index (κ1) is 19.8. The number of hydrogen-bond acceptors (Lipinski definition) is 7. The summed E-state index contributed by atoms with van der Waals surface area (Å²) >= 11 is 5.96. The zero-order valence-corrected chi connectivity index (χ0v) is 16.7. The van der Waals surface area contributed by atoms with Gasteiger partial charge in [-0.15, -0.1) is 0 Å². The van der Waals surface area contributed by atoms with Crippen molar-refractivity contribution < 1.29 is 18.7 Å². The molecule has 30 heavy (non-hydrogen) atoms. The molecule has 152 valence electrons. The smallest absolute Gasteiger partial charge is 0.359 e. The fraction of sp³-hybridized carbons (Fsp3) is 0.190. The Bertz CT molecular complexity index is 1080. The van der Waals surface area contributed by atoms with Gasteiger partial charge in [0.2, 0.25) is 0 Å². The highest BCUT2D eigenvalue weighted by atomic mass is 35.5. The summed E-state index contributed by atoms with van der Waals surface area (Å²) in [5.41, 5.74) is 2.25. The number of esters is 1. The maximum absolute atomic E-state index is 12.8. The molecule has 0 spiro atoms. The number of ether oxygens (including phenoxy) is 1. The summed E-state index contributed by atoms with van der Waals surface area (Å²) < 4.78 is 10.6. The van der Waals surface area contributed by atoms with E-state index in [1.54, 1.807) is 31.2 Å². The lowest BCUT2D eigenvalue weighted by atomic mass is 10.0. The topological polar surface area (TPSA) is 97.9 Å². The van der Waals surface area contributed by atoms with Crippen LogP contribution in [-0.4, -0.2) is 39.2 Å². The van der Waals surface area contributed by atoms with Crippen LogP contribution in [0.5, 0.6) is 0 Å². The number of rotatable bonds is 5. The fourth-order valence-corrected chi connectivity index (χ4v) is 3.15. The van der Waals surface area contributed by atoms with Crippen molar-refractivity contribution in [1.82, 2.24) is 15.0 Å². The molecule has 0 fully saturated rings. The lowest BCUT2D eigenvalue weighted by molar-refractivity contribution is -0.136. The van der Waals surface area contributed by atoms with Crippen molar-refractivity contribution in [2.45, 2.75) is 19.4 Å². The number of hydrazone groups is 1. The third-order valence-corrected chi connectivity index (χ3v) is 4.78. The molecule has 1 unspecified atom stereocenters. The van der Waals surface area contributed by atoms with Gasteiger partial charge in [-0.05, 0) is 36.8 Å². The Balaban J connectivity index is 1.50. The molecule has 1 aromatic carbocycles. The Morgan fingerprint density at radius 1 is 1.20 bits per heavy atom. The summed E-state index contributed by atoms with van der Waals surface area (Å²) in [7, 11) is 0. The maximum atomic E-state index is 12.8. The van der Waals surface area contributed by atoms with E-state index in [1.807, 2.05) is 12.1 Å². The molecule has 9 heteroatoms. The van der Waals surface area contributed by atoms with E-state index in [9.17, 15) is 9.59 Å². The van der Waals surface area contributed by atoms with Crippen molar-refractivity contribution >= 4 is 29.2 Å². The van der Waals surface area contributed by atoms with E-state index in [-0.39, 0.29) is 5.69 Å².